The zero-order chi connectivity index (χ0) is 10.3. The summed E-state index contributed by atoms with van der Waals surface area (Å²) in [6, 6.07) is 0.729. The minimum atomic E-state index is 0.186. The van der Waals surface area contributed by atoms with Crippen molar-refractivity contribution in [2.45, 2.75) is 51.6 Å². The van der Waals surface area contributed by atoms with E-state index >= 15 is 0 Å². The van der Waals surface area contributed by atoms with E-state index in [4.69, 9.17) is 5.73 Å². The molecule has 1 heterocycles. The van der Waals surface area contributed by atoms with Gasteiger partial charge in [0.2, 0.25) is 0 Å². The molecule has 2 aliphatic rings. The molecule has 2 fully saturated rings. The number of rotatable bonds is 2. The van der Waals surface area contributed by atoms with Crippen molar-refractivity contribution in [2.75, 3.05) is 13.1 Å². The summed E-state index contributed by atoms with van der Waals surface area (Å²) in [6.45, 7) is 9.49. The highest BCUT2D eigenvalue weighted by Gasteiger charge is 2.42. The van der Waals surface area contributed by atoms with E-state index in [0.29, 0.717) is 0 Å². The average Bonchev–Trinajstić information content (AvgIpc) is 2.79. The molecule has 1 aliphatic heterocycles. The normalized spacial score (nSPS) is 42.4. The van der Waals surface area contributed by atoms with Gasteiger partial charge in [0, 0.05) is 24.7 Å². The van der Waals surface area contributed by atoms with Crippen molar-refractivity contribution in [1.82, 2.24) is 4.90 Å². The highest BCUT2D eigenvalue weighted by Crippen LogP contribution is 2.36. The third-order valence-corrected chi connectivity index (χ3v) is 4.13. The lowest BCUT2D eigenvalue weighted by Crippen LogP contribution is -2.51. The summed E-state index contributed by atoms with van der Waals surface area (Å²) in [4.78, 5) is 2.62. The molecule has 0 aromatic heterocycles. The maximum atomic E-state index is 6.19. The molecular weight excluding hydrogens is 172 g/mol. The average molecular weight is 196 g/mol. The van der Waals surface area contributed by atoms with Crippen molar-refractivity contribution >= 4 is 0 Å². The van der Waals surface area contributed by atoms with Gasteiger partial charge < -0.3 is 5.73 Å². The molecule has 1 aliphatic carbocycles. The van der Waals surface area contributed by atoms with Gasteiger partial charge in [-0.2, -0.15) is 0 Å². The predicted octanol–water partition coefficient (Wildman–Crippen LogP) is 1.84. The molecule has 1 saturated heterocycles. The third-order valence-electron chi connectivity index (χ3n) is 4.13. The maximum Gasteiger partial charge on any atom is 0.0284 e. The summed E-state index contributed by atoms with van der Waals surface area (Å²) >= 11 is 0. The topological polar surface area (TPSA) is 29.3 Å². The molecular formula is C12H24N2. The van der Waals surface area contributed by atoms with Gasteiger partial charge in [-0.1, -0.05) is 13.8 Å². The minimum absolute atomic E-state index is 0.186. The molecule has 1 saturated carbocycles. The summed E-state index contributed by atoms with van der Waals surface area (Å²) in [6.07, 6.45) is 3.85. The lowest BCUT2D eigenvalue weighted by atomic mass is 9.85. The third kappa shape index (κ3) is 2.12. The molecule has 14 heavy (non-hydrogen) atoms. The molecule has 0 spiro atoms. The van der Waals surface area contributed by atoms with Crippen LogP contribution in [0.2, 0.25) is 0 Å². The first-order chi connectivity index (χ1) is 6.50. The minimum Gasteiger partial charge on any atom is -0.324 e. The van der Waals surface area contributed by atoms with E-state index in [1.165, 1.54) is 25.8 Å². The molecule has 2 heteroatoms. The number of likely N-dealkylation sites (tertiary alicyclic amines) is 1. The van der Waals surface area contributed by atoms with Gasteiger partial charge in [0.15, 0.2) is 0 Å². The van der Waals surface area contributed by atoms with Crippen LogP contribution in [0.25, 0.3) is 0 Å². The van der Waals surface area contributed by atoms with Crippen molar-refractivity contribution in [2.24, 2.45) is 17.6 Å². The van der Waals surface area contributed by atoms with E-state index in [1.54, 1.807) is 0 Å². The predicted molar refractivity (Wildman–Crippen MR) is 60.1 cm³/mol. The Kier molecular flexibility index (Phi) is 2.61. The van der Waals surface area contributed by atoms with Crippen molar-refractivity contribution in [3.8, 4) is 0 Å². The van der Waals surface area contributed by atoms with Crippen LogP contribution in [0.5, 0.6) is 0 Å². The molecule has 0 aromatic rings. The Morgan fingerprint density at radius 1 is 1.29 bits per heavy atom. The van der Waals surface area contributed by atoms with E-state index < -0.39 is 0 Å². The largest absolute Gasteiger partial charge is 0.324 e. The second kappa shape index (κ2) is 3.49. The van der Waals surface area contributed by atoms with Crippen LogP contribution in [0, 0.1) is 11.8 Å². The first-order valence-corrected chi connectivity index (χ1v) is 6.03. The first-order valence-electron chi connectivity index (χ1n) is 6.03. The Morgan fingerprint density at radius 2 is 1.93 bits per heavy atom. The first kappa shape index (κ1) is 10.4. The van der Waals surface area contributed by atoms with Gasteiger partial charge in [-0.3, -0.25) is 4.90 Å². The lowest BCUT2D eigenvalue weighted by Gasteiger charge is -2.42. The summed E-state index contributed by atoms with van der Waals surface area (Å²) < 4.78 is 0. The lowest BCUT2D eigenvalue weighted by molar-refractivity contribution is 0.0716. The maximum absolute atomic E-state index is 6.19. The number of nitrogens with two attached hydrogens (primary N) is 1. The fraction of sp³-hybridized carbons (Fsp3) is 1.00. The molecule has 0 radical (unpaired) electrons. The molecule has 82 valence electrons. The fourth-order valence-corrected chi connectivity index (χ4v) is 2.76. The number of piperidine rings is 1. The Bertz CT molecular complexity index is 210. The van der Waals surface area contributed by atoms with Gasteiger partial charge in [0.1, 0.15) is 0 Å². The number of hydrogen-bond donors (Lipinski definition) is 1. The molecule has 2 N–H and O–H groups in total. The Hall–Kier alpha value is -0.0800. The summed E-state index contributed by atoms with van der Waals surface area (Å²) in [5.74, 6) is 1.68. The van der Waals surface area contributed by atoms with Gasteiger partial charge in [0.25, 0.3) is 0 Å². The van der Waals surface area contributed by atoms with Gasteiger partial charge in [-0.05, 0) is 38.0 Å². The standard InChI is InChI=1S/C12H24N2/c1-9-6-10(2)11(3)14(7-9)8-12(13)4-5-12/h9-11H,4-8,13H2,1-3H3. The zero-order valence-electron chi connectivity index (χ0n) is 9.79. The molecule has 0 aromatic carbocycles. The van der Waals surface area contributed by atoms with Crippen LogP contribution in [0.1, 0.15) is 40.0 Å². The fourth-order valence-electron chi connectivity index (χ4n) is 2.76. The van der Waals surface area contributed by atoms with Crippen molar-refractivity contribution < 1.29 is 0 Å². The summed E-state index contributed by atoms with van der Waals surface area (Å²) in [7, 11) is 0. The van der Waals surface area contributed by atoms with Crippen LogP contribution in [0.4, 0.5) is 0 Å². The molecule has 2 rings (SSSR count). The molecule has 0 bridgehead atoms. The molecule has 0 amide bonds. The smallest absolute Gasteiger partial charge is 0.0284 e. The quantitative estimate of drug-likeness (QED) is 0.730. The number of nitrogens with zero attached hydrogens (tertiary/aromatic N) is 1. The van der Waals surface area contributed by atoms with Gasteiger partial charge in [0.05, 0.1) is 0 Å². The van der Waals surface area contributed by atoms with Gasteiger partial charge in [-0.15, -0.1) is 0 Å². The van der Waals surface area contributed by atoms with Crippen LogP contribution < -0.4 is 5.73 Å². The molecule has 2 nitrogen and oxygen atoms in total. The van der Waals surface area contributed by atoms with E-state index in [0.717, 1.165) is 24.4 Å². The monoisotopic (exact) mass is 196 g/mol. The summed E-state index contributed by atoms with van der Waals surface area (Å²) in [5.41, 5.74) is 6.37. The Balaban J connectivity index is 1.94. The van der Waals surface area contributed by atoms with Crippen molar-refractivity contribution in [3.63, 3.8) is 0 Å². The van der Waals surface area contributed by atoms with Gasteiger partial charge in [-0.25, -0.2) is 0 Å². The van der Waals surface area contributed by atoms with E-state index in [9.17, 15) is 0 Å². The Labute approximate surface area is 87.8 Å². The second-order valence-electron chi connectivity index (χ2n) is 5.85. The van der Waals surface area contributed by atoms with Gasteiger partial charge >= 0.3 is 0 Å². The van der Waals surface area contributed by atoms with Crippen LogP contribution in [-0.2, 0) is 0 Å². The summed E-state index contributed by atoms with van der Waals surface area (Å²) in [5, 5.41) is 0. The van der Waals surface area contributed by atoms with E-state index in [2.05, 4.69) is 25.7 Å². The van der Waals surface area contributed by atoms with Crippen molar-refractivity contribution in [3.05, 3.63) is 0 Å². The highest BCUT2D eigenvalue weighted by atomic mass is 15.2. The van der Waals surface area contributed by atoms with Crippen LogP contribution >= 0.6 is 0 Å². The zero-order valence-corrected chi connectivity index (χ0v) is 9.79. The molecule has 3 atom stereocenters. The van der Waals surface area contributed by atoms with Crippen LogP contribution in [0.3, 0.4) is 0 Å². The number of hydrogen-bond acceptors (Lipinski definition) is 2. The van der Waals surface area contributed by atoms with Crippen molar-refractivity contribution in [1.29, 1.82) is 0 Å². The van der Waals surface area contributed by atoms with Crippen LogP contribution in [0.15, 0.2) is 0 Å². The van der Waals surface area contributed by atoms with Crippen LogP contribution in [-0.4, -0.2) is 29.6 Å². The van der Waals surface area contributed by atoms with E-state index in [-0.39, 0.29) is 5.54 Å². The second-order valence-corrected chi connectivity index (χ2v) is 5.85. The SMILES string of the molecule is CC1CC(C)C(C)N(CC2(N)CC2)C1. The molecule has 3 unspecified atom stereocenters. The van der Waals surface area contributed by atoms with E-state index in [1.807, 2.05) is 0 Å². The highest BCUT2D eigenvalue weighted by molar-refractivity contribution is 5.02. The Morgan fingerprint density at radius 3 is 2.50 bits per heavy atom.